The summed E-state index contributed by atoms with van der Waals surface area (Å²) < 4.78 is 27.7. The topological polar surface area (TPSA) is 78.5 Å². The number of carbonyl (C=O) groups excluding carboxylic acids is 1. The van der Waals surface area contributed by atoms with E-state index in [4.69, 9.17) is 0 Å². The second-order valence-electron chi connectivity index (χ2n) is 7.46. The highest BCUT2D eigenvalue weighted by molar-refractivity contribution is 7.89. The van der Waals surface area contributed by atoms with Crippen molar-refractivity contribution in [2.75, 3.05) is 13.1 Å². The van der Waals surface area contributed by atoms with Crippen LogP contribution in [0.25, 0.3) is 0 Å². The second kappa shape index (κ2) is 6.37. The number of nitrogens with zero attached hydrogens (tertiary/aromatic N) is 1. The van der Waals surface area contributed by atoms with Crippen molar-refractivity contribution in [1.82, 2.24) is 14.9 Å². The van der Waals surface area contributed by atoms with Crippen molar-refractivity contribution in [2.24, 2.45) is 0 Å². The van der Waals surface area contributed by atoms with E-state index in [0.717, 1.165) is 50.8 Å². The van der Waals surface area contributed by atoms with Crippen molar-refractivity contribution in [3.8, 4) is 0 Å². The number of fused-ring (bicyclic) bond motifs is 2. The molecule has 2 saturated heterocycles. The molecule has 2 aliphatic heterocycles. The number of carbonyl (C=O) groups is 1. The molecule has 2 unspecified atom stereocenters. The lowest BCUT2D eigenvalue weighted by molar-refractivity contribution is 0.0679. The summed E-state index contributed by atoms with van der Waals surface area (Å²) in [4.78, 5) is 15.4. The van der Waals surface area contributed by atoms with E-state index < -0.39 is 10.0 Å². The fourth-order valence-electron chi connectivity index (χ4n) is 3.94. The van der Waals surface area contributed by atoms with Crippen LogP contribution in [-0.2, 0) is 10.0 Å². The molecule has 1 aromatic rings. The first kappa shape index (κ1) is 17.0. The summed E-state index contributed by atoms with van der Waals surface area (Å²) in [5.41, 5.74) is 1.34. The quantitative estimate of drug-likeness (QED) is 0.848. The zero-order valence-electron chi connectivity index (χ0n) is 14.5. The number of rotatable bonds is 4. The molecule has 136 valence electrons. The first-order chi connectivity index (χ1) is 12.0. The molecular weight excluding hydrogens is 338 g/mol. The number of sulfonamides is 1. The van der Waals surface area contributed by atoms with Gasteiger partial charge in [-0.2, -0.15) is 0 Å². The molecule has 3 fully saturated rings. The fraction of sp³-hybridized carbons (Fsp3) is 0.611. The second-order valence-corrected chi connectivity index (χ2v) is 9.18. The zero-order valence-corrected chi connectivity index (χ0v) is 15.3. The van der Waals surface area contributed by atoms with Gasteiger partial charge in [-0.15, -0.1) is 0 Å². The predicted octanol–water partition coefficient (Wildman–Crippen LogP) is 1.40. The Morgan fingerprint density at radius 1 is 1.16 bits per heavy atom. The molecule has 2 atom stereocenters. The third kappa shape index (κ3) is 3.32. The third-order valence-electron chi connectivity index (χ3n) is 5.54. The predicted molar refractivity (Wildman–Crippen MR) is 95.0 cm³/mol. The van der Waals surface area contributed by atoms with Crippen LogP contribution >= 0.6 is 0 Å². The molecule has 7 heteroatoms. The average molecular weight is 363 g/mol. The highest BCUT2D eigenvalue weighted by Crippen LogP contribution is 2.31. The van der Waals surface area contributed by atoms with Crippen LogP contribution in [0.1, 0.15) is 48.0 Å². The number of amides is 1. The van der Waals surface area contributed by atoms with Crippen molar-refractivity contribution < 1.29 is 13.2 Å². The van der Waals surface area contributed by atoms with E-state index in [9.17, 15) is 13.2 Å². The van der Waals surface area contributed by atoms with Gasteiger partial charge in [0, 0.05) is 30.2 Å². The highest BCUT2D eigenvalue weighted by Gasteiger charge is 2.39. The van der Waals surface area contributed by atoms with Crippen molar-refractivity contribution >= 4 is 15.9 Å². The molecular formula is C18H25N3O3S. The monoisotopic (exact) mass is 363 g/mol. The van der Waals surface area contributed by atoms with E-state index in [2.05, 4.69) is 10.0 Å². The van der Waals surface area contributed by atoms with Gasteiger partial charge in [0.05, 0.1) is 4.90 Å². The van der Waals surface area contributed by atoms with E-state index in [1.54, 1.807) is 18.2 Å². The fourth-order valence-corrected chi connectivity index (χ4v) is 5.27. The molecule has 2 heterocycles. The SMILES string of the molecule is Cc1ccc(S(=O)(=O)NC2CC2)cc1C(=O)N1C2CCNCC1CC2. The Hall–Kier alpha value is -1.44. The Bertz CT molecular complexity index is 775. The number of nitrogens with one attached hydrogen (secondary N) is 2. The molecule has 1 saturated carbocycles. The van der Waals surface area contributed by atoms with Gasteiger partial charge >= 0.3 is 0 Å². The summed E-state index contributed by atoms with van der Waals surface area (Å²) in [7, 11) is -3.55. The van der Waals surface area contributed by atoms with Crippen LogP contribution in [0, 0.1) is 6.92 Å². The molecule has 25 heavy (non-hydrogen) atoms. The summed E-state index contributed by atoms with van der Waals surface area (Å²) in [5.74, 6) is -0.0304. The van der Waals surface area contributed by atoms with Gasteiger partial charge in [0.25, 0.3) is 5.91 Å². The summed E-state index contributed by atoms with van der Waals surface area (Å²) in [6, 6.07) is 5.42. The summed E-state index contributed by atoms with van der Waals surface area (Å²) in [5, 5.41) is 3.39. The molecule has 4 rings (SSSR count). The smallest absolute Gasteiger partial charge is 0.254 e. The Morgan fingerprint density at radius 2 is 1.92 bits per heavy atom. The Morgan fingerprint density at radius 3 is 2.68 bits per heavy atom. The first-order valence-electron chi connectivity index (χ1n) is 9.12. The minimum Gasteiger partial charge on any atom is -0.331 e. The normalized spacial score (nSPS) is 26.5. The van der Waals surface area contributed by atoms with Gasteiger partial charge in [-0.05, 0) is 63.3 Å². The van der Waals surface area contributed by atoms with Gasteiger partial charge in [0.2, 0.25) is 10.0 Å². The van der Waals surface area contributed by atoms with Gasteiger partial charge in [0.1, 0.15) is 0 Å². The molecule has 3 aliphatic rings. The minimum atomic E-state index is -3.55. The average Bonchev–Trinajstić information content (AvgIpc) is 3.29. The van der Waals surface area contributed by atoms with Crippen LogP contribution in [-0.4, -0.2) is 50.4 Å². The van der Waals surface area contributed by atoms with Crippen LogP contribution in [0.2, 0.25) is 0 Å². The molecule has 0 aromatic heterocycles. The van der Waals surface area contributed by atoms with E-state index in [1.807, 2.05) is 11.8 Å². The lowest BCUT2D eigenvalue weighted by Gasteiger charge is -2.28. The van der Waals surface area contributed by atoms with Crippen LogP contribution < -0.4 is 10.0 Å². The van der Waals surface area contributed by atoms with Crippen LogP contribution in [0.15, 0.2) is 23.1 Å². The van der Waals surface area contributed by atoms with E-state index >= 15 is 0 Å². The molecule has 2 N–H and O–H groups in total. The van der Waals surface area contributed by atoms with Crippen molar-refractivity contribution in [2.45, 2.75) is 62.0 Å². The number of hydrogen-bond donors (Lipinski definition) is 2. The Kier molecular flexibility index (Phi) is 4.33. The zero-order chi connectivity index (χ0) is 17.6. The number of aryl methyl sites for hydroxylation is 1. The maximum Gasteiger partial charge on any atom is 0.254 e. The number of hydrogen-bond acceptors (Lipinski definition) is 4. The minimum absolute atomic E-state index is 0.0304. The lowest BCUT2D eigenvalue weighted by atomic mass is 10.1. The maximum absolute atomic E-state index is 13.2. The lowest BCUT2D eigenvalue weighted by Crippen LogP contribution is -2.42. The molecule has 1 amide bonds. The molecule has 1 aliphatic carbocycles. The van der Waals surface area contributed by atoms with Crippen LogP contribution in [0.3, 0.4) is 0 Å². The molecule has 1 aromatic carbocycles. The highest BCUT2D eigenvalue weighted by atomic mass is 32.2. The van der Waals surface area contributed by atoms with Crippen LogP contribution in [0.4, 0.5) is 0 Å². The van der Waals surface area contributed by atoms with E-state index in [0.29, 0.717) is 5.56 Å². The van der Waals surface area contributed by atoms with Gasteiger partial charge in [-0.1, -0.05) is 6.07 Å². The first-order valence-corrected chi connectivity index (χ1v) is 10.6. The van der Waals surface area contributed by atoms with Crippen molar-refractivity contribution in [1.29, 1.82) is 0 Å². The Labute approximate surface area is 149 Å². The summed E-state index contributed by atoms with van der Waals surface area (Å²) in [6.45, 7) is 3.63. The third-order valence-corrected chi connectivity index (χ3v) is 7.06. The van der Waals surface area contributed by atoms with Crippen LogP contribution in [0.5, 0.6) is 0 Å². The molecule has 0 radical (unpaired) electrons. The van der Waals surface area contributed by atoms with E-state index in [-0.39, 0.29) is 28.9 Å². The van der Waals surface area contributed by atoms with E-state index in [1.165, 1.54) is 0 Å². The Balaban J connectivity index is 1.65. The maximum atomic E-state index is 13.2. The summed E-state index contributed by atoms with van der Waals surface area (Å²) in [6.07, 6.45) is 4.80. The van der Waals surface area contributed by atoms with Gasteiger partial charge in [-0.25, -0.2) is 13.1 Å². The number of benzene rings is 1. The standard InChI is InChI=1S/C18H25N3O3S/c1-12-2-7-16(25(23,24)20-13-3-4-13)10-17(12)18(22)21-14-5-6-15(21)11-19-9-8-14/h2,7,10,13-15,19-20H,3-6,8-9,11H2,1H3. The summed E-state index contributed by atoms with van der Waals surface area (Å²) >= 11 is 0. The largest absolute Gasteiger partial charge is 0.331 e. The molecule has 0 spiro atoms. The van der Waals surface area contributed by atoms with Gasteiger partial charge in [-0.3, -0.25) is 4.79 Å². The van der Waals surface area contributed by atoms with Gasteiger partial charge in [0.15, 0.2) is 0 Å². The van der Waals surface area contributed by atoms with Crippen molar-refractivity contribution in [3.63, 3.8) is 0 Å². The van der Waals surface area contributed by atoms with Crippen molar-refractivity contribution in [3.05, 3.63) is 29.3 Å². The molecule has 2 bridgehead atoms. The van der Waals surface area contributed by atoms with Gasteiger partial charge < -0.3 is 10.2 Å². The molecule has 6 nitrogen and oxygen atoms in total.